The molecule has 0 radical (unpaired) electrons. The van der Waals surface area contributed by atoms with Gasteiger partial charge in [-0.1, -0.05) is 27.7 Å². The number of hydrogen-bond acceptors (Lipinski definition) is 1. The van der Waals surface area contributed by atoms with Crippen molar-refractivity contribution < 1.29 is 4.43 Å². The van der Waals surface area contributed by atoms with Crippen LogP contribution in [0.5, 0.6) is 0 Å². The molecule has 0 unspecified atom stereocenters. The zero-order valence-electron chi connectivity index (χ0n) is 12.0. The Morgan fingerprint density at radius 1 is 1.06 bits per heavy atom. The fraction of sp³-hybridized carbons (Fsp3) is 1.00. The predicted molar refractivity (Wildman–Crippen MR) is 81.0 cm³/mol. The zero-order valence-corrected chi connectivity index (χ0v) is 14.9. The van der Waals surface area contributed by atoms with Gasteiger partial charge in [0.25, 0.3) is 0 Å². The summed E-state index contributed by atoms with van der Waals surface area (Å²) in [6.07, 6.45) is 9.65. The molecule has 0 aromatic carbocycles. The van der Waals surface area contributed by atoms with E-state index in [1.807, 2.05) is 0 Å². The lowest BCUT2D eigenvalue weighted by Crippen LogP contribution is -2.25. The minimum absolute atomic E-state index is 0.339. The van der Waals surface area contributed by atoms with Crippen LogP contribution in [-0.4, -0.2) is 35.6 Å². The smallest absolute Gasteiger partial charge is 0.145 e. The van der Waals surface area contributed by atoms with E-state index >= 15 is 0 Å². The van der Waals surface area contributed by atoms with Crippen LogP contribution in [0.3, 0.4) is 0 Å². The molecule has 0 aliphatic rings. The van der Waals surface area contributed by atoms with Crippen LogP contribution in [-0.2, 0) is 4.43 Å². The second kappa shape index (κ2) is 9.62. The first-order valence-electron chi connectivity index (χ1n) is 6.89. The van der Waals surface area contributed by atoms with Gasteiger partial charge in [0.15, 0.2) is 0 Å². The minimum Gasteiger partial charge on any atom is -0.427 e. The molecule has 0 aliphatic carbocycles. The maximum absolute atomic E-state index is 5.54. The van der Waals surface area contributed by atoms with Crippen LogP contribution in [0.4, 0.5) is 0 Å². The number of hydrogen-bond donors (Lipinski definition) is 0. The molecular formula is C13H31OPSi. The largest absolute Gasteiger partial charge is 0.427 e. The molecule has 0 heterocycles. The summed E-state index contributed by atoms with van der Waals surface area (Å²) in [6, 6.07) is 0. The number of rotatable bonds is 10. The van der Waals surface area contributed by atoms with Gasteiger partial charge in [-0.25, -0.2) is 0 Å². The SMILES string of the molecule is CCP(CC)CCCC(CC)(CC)CO[SiH3]. The second-order valence-electron chi connectivity index (χ2n) is 4.77. The van der Waals surface area contributed by atoms with E-state index in [0.29, 0.717) is 13.3 Å². The van der Waals surface area contributed by atoms with Gasteiger partial charge in [0.2, 0.25) is 0 Å². The normalized spacial score (nSPS) is 12.6. The highest BCUT2D eigenvalue weighted by Gasteiger charge is 2.25. The van der Waals surface area contributed by atoms with Gasteiger partial charge in [0.1, 0.15) is 10.5 Å². The fourth-order valence-electron chi connectivity index (χ4n) is 2.40. The van der Waals surface area contributed by atoms with Crippen molar-refractivity contribution in [1.82, 2.24) is 0 Å². The predicted octanol–water partition coefficient (Wildman–Crippen LogP) is 3.39. The van der Waals surface area contributed by atoms with E-state index < -0.39 is 0 Å². The molecule has 0 rings (SSSR count). The van der Waals surface area contributed by atoms with Gasteiger partial charge >= 0.3 is 0 Å². The average Bonchev–Trinajstić information content (AvgIpc) is 2.33. The minimum atomic E-state index is 0.339. The van der Waals surface area contributed by atoms with Crippen LogP contribution < -0.4 is 0 Å². The average molecular weight is 262 g/mol. The van der Waals surface area contributed by atoms with E-state index in [4.69, 9.17) is 4.43 Å². The van der Waals surface area contributed by atoms with E-state index in [1.165, 1.54) is 44.2 Å². The first kappa shape index (κ1) is 16.6. The summed E-state index contributed by atoms with van der Waals surface area (Å²) in [7, 11) is 1.23. The van der Waals surface area contributed by atoms with Crippen LogP contribution in [0.25, 0.3) is 0 Å². The van der Waals surface area contributed by atoms with E-state index in [2.05, 4.69) is 27.7 Å². The van der Waals surface area contributed by atoms with E-state index in [1.54, 1.807) is 0 Å². The second-order valence-corrected chi connectivity index (χ2v) is 8.40. The van der Waals surface area contributed by atoms with E-state index in [-0.39, 0.29) is 0 Å². The first-order valence-corrected chi connectivity index (χ1v) is 9.60. The van der Waals surface area contributed by atoms with Crippen molar-refractivity contribution in [2.24, 2.45) is 5.41 Å². The lowest BCUT2D eigenvalue weighted by Gasteiger charge is -2.31. The molecule has 0 aromatic rings. The van der Waals surface area contributed by atoms with Crippen LogP contribution in [0.2, 0.25) is 0 Å². The summed E-state index contributed by atoms with van der Waals surface area (Å²) >= 11 is 0. The van der Waals surface area contributed by atoms with Gasteiger partial charge in [0.05, 0.1) is 0 Å². The monoisotopic (exact) mass is 262 g/mol. The topological polar surface area (TPSA) is 9.23 Å². The summed E-state index contributed by atoms with van der Waals surface area (Å²) in [4.78, 5) is 0. The molecule has 3 heteroatoms. The van der Waals surface area contributed by atoms with Gasteiger partial charge in [-0.2, -0.15) is 0 Å². The molecule has 1 nitrogen and oxygen atoms in total. The summed E-state index contributed by atoms with van der Waals surface area (Å²) in [5.74, 6) is 0. The van der Waals surface area contributed by atoms with Crippen molar-refractivity contribution in [3.05, 3.63) is 0 Å². The Kier molecular flexibility index (Phi) is 9.98. The van der Waals surface area contributed by atoms with Crippen LogP contribution in [0.1, 0.15) is 53.4 Å². The Morgan fingerprint density at radius 2 is 1.62 bits per heavy atom. The maximum Gasteiger partial charge on any atom is 0.145 e. The molecule has 0 fully saturated rings. The van der Waals surface area contributed by atoms with Crippen molar-refractivity contribution in [3.63, 3.8) is 0 Å². The summed E-state index contributed by atoms with van der Waals surface area (Å²) in [5.41, 5.74) is 0.490. The summed E-state index contributed by atoms with van der Waals surface area (Å²) in [6.45, 7) is 10.4. The maximum atomic E-state index is 5.54. The molecule has 0 saturated heterocycles. The molecule has 0 N–H and O–H groups in total. The quantitative estimate of drug-likeness (QED) is 0.433. The highest BCUT2D eigenvalue weighted by Crippen LogP contribution is 2.39. The fourth-order valence-corrected chi connectivity index (χ4v) is 4.70. The van der Waals surface area contributed by atoms with Gasteiger partial charge in [-0.3, -0.25) is 0 Å². The molecule has 0 bridgehead atoms. The Labute approximate surface area is 107 Å². The highest BCUT2D eigenvalue weighted by atomic mass is 31.1. The van der Waals surface area contributed by atoms with Crippen LogP contribution >= 0.6 is 7.92 Å². The van der Waals surface area contributed by atoms with Crippen LogP contribution in [0.15, 0.2) is 0 Å². The third-order valence-electron chi connectivity index (χ3n) is 4.03. The molecule has 0 spiro atoms. The molecular weight excluding hydrogens is 231 g/mol. The highest BCUT2D eigenvalue weighted by molar-refractivity contribution is 7.57. The van der Waals surface area contributed by atoms with Crippen molar-refractivity contribution >= 4 is 18.4 Å². The summed E-state index contributed by atoms with van der Waals surface area (Å²) < 4.78 is 5.54. The third kappa shape index (κ3) is 5.79. The third-order valence-corrected chi connectivity index (χ3v) is 7.05. The standard InChI is InChI=1S/C13H31OPSi/c1-5-13(6-2,12-14-16)10-9-11-15(7-3)8-4/h5-12H2,1-4,16H3. The van der Waals surface area contributed by atoms with Gasteiger partial charge in [-0.15, -0.1) is 7.92 Å². The van der Waals surface area contributed by atoms with Crippen molar-refractivity contribution in [2.75, 3.05) is 25.1 Å². The molecule has 98 valence electrons. The van der Waals surface area contributed by atoms with Gasteiger partial charge < -0.3 is 4.43 Å². The first-order chi connectivity index (χ1) is 7.67. The Morgan fingerprint density at radius 3 is 2.00 bits per heavy atom. The molecule has 16 heavy (non-hydrogen) atoms. The van der Waals surface area contributed by atoms with Gasteiger partial charge in [-0.05, 0) is 49.6 Å². The van der Waals surface area contributed by atoms with Gasteiger partial charge in [0, 0.05) is 6.61 Å². The summed E-state index contributed by atoms with van der Waals surface area (Å²) in [5, 5.41) is 0. The lowest BCUT2D eigenvalue weighted by atomic mass is 9.79. The molecule has 0 amide bonds. The Hall–Kier alpha value is 0.607. The van der Waals surface area contributed by atoms with Crippen LogP contribution in [0, 0.1) is 5.41 Å². The lowest BCUT2D eigenvalue weighted by molar-refractivity contribution is 0.129. The van der Waals surface area contributed by atoms with Crippen molar-refractivity contribution in [1.29, 1.82) is 0 Å². The van der Waals surface area contributed by atoms with E-state index in [9.17, 15) is 0 Å². The molecule has 0 saturated carbocycles. The molecule has 0 aliphatic heterocycles. The molecule has 0 atom stereocenters. The van der Waals surface area contributed by atoms with E-state index in [0.717, 1.165) is 17.1 Å². The zero-order chi connectivity index (χ0) is 12.4. The Bertz CT molecular complexity index is 156. The molecule has 0 aromatic heterocycles. The van der Waals surface area contributed by atoms with Crippen molar-refractivity contribution in [3.8, 4) is 0 Å². The van der Waals surface area contributed by atoms with Crippen molar-refractivity contribution in [2.45, 2.75) is 53.4 Å². The Balaban J connectivity index is 4.01.